The van der Waals surface area contributed by atoms with Gasteiger partial charge >= 0.3 is 5.97 Å². The van der Waals surface area contributed by atoms with E-state index in [4.69, 9.17) is 11.6 Å². The molecule has 19 heavy (non-hydrogen) atoms. The lowest BCUT2D eigenvalue weighted by Gasteiger charge is -2.18. The molecule has 0 fully saturated rings. The Morgan fingerprint density at radius 3 is 2.53 bits per heavy atom. The zero-order chi connectivity index (χ0) is 14.6. The maximum Gasteiger partial charge on any atom is 0.327 e. The number of anilines is 1. The molecular weight excluding hydrogens is 268 g/mol. The van der Waals surface area contributed by atoms with Gasteiger partial charge in [-0.2, -0.15) is 0 Å². The van der Waals surface area contributed by atoms with Gasteiger partial charge < -0.3 is 15.0 Å². The van der Waals surface area contributed by atoms with Crippen LogP contribution in [-0.2, 0) is 9.53 Å². The molecule has 1 amide bonds. The Balaban J connectivity index is 3.07. The second-order valence-electron chi connectivity index (χ2n) is 4.28. The van der Waals surface area contributed by atoms with Crippen molar-refractivity contribution < 1.29 is 14.3 Å². The summed E-state index contributed by atoms with van der Waals surface area (Å²) in [5.41, 5.74) is 0.953. The number of methoxy groups -OCH3 is 1. The van der Waals surface area contributed by atoms with Crippen molar-refractivity contribution in [2.45, 2.75) is 13.0 Å². The van der Waals surface area contributed by atoms with Gasteiger partial charge in [0.15, 0.2) is 0 Å². The minimum Gasteiger partial charge on any atom is -0.467 e. The van der Waals surface area contributed by atoms with Gasteiger partial charge in [-0.15, -0.1) is 0 Å². The van der Waals surface area contributed by atoms with E-state index in [1.165, 1.54) is 12.0 Å². The van der Waals surface area contributed by atoms with Crippen LogP contribution in [-0.4, -0.2) is 44.0 Å². The van der Waals surface area contributed by atoms with Gasteiger partial charge in [-0.25, -0.2) is 4.79 Å². The molecule has 0 saturated carbocycles. The van der Waals surface area contributed by atoms with Crippen molar-refractivity contribution in [3.63, 3.8) is 0 Å². The molecule has 0 aliphatic carbocycles. The lowest BCUT2D eigenvalue weighted by atomic mass is 10.1. The van der Waals surface area contributed by atoms with E-state index in [1.54, 1.807) is 39.2 Å². The highest BCUT2D eigenvalue weighted by Crippen LogP contribution is 2.23. The highest BCUT2D eigenvalue weighted by atomic mass is 35.5. The van der Waals surface area contributed by atoms with E-state index in [1.807, 2.05) is 0 Å². The van der Waals surface area contributed by atoms with Crippen molar-refractivity contribution in [1.29, 1.82) is 0 Å². The number of carbonyl (C=O) groups excluding carboxylic acids is 2. The third-order valence-electron chi connectivity index (χ3n) is 2.54. The van der Waals surface area contributed by atoms with E-state index in [0.29, 0.717) is 16.3 Å². The van der Waals surface area contributed by atoms with Crippen LogP contribution in [0.1, 0.15) is 17.3 Å². The van der Waals surface area contributed by atoms with Crippen LogP contribution in [0.4, 0.5) is 5.69 Å². The smallest absolute Gasteiger partial charge is 0.327 e. The molecule has 0 saturated heterocycles. The average Bonchev–Trinajstić information content (AvgIpc) is 2.37. The van der Waals surface area contributed by atoms with E-state index in [0.717, 1.165) is 0 Å². The van der Waals surface area contributed by atoms with Crippen LogP contribution in [0.2, 0.25) is 5.02 Å². The summed E-state index contributed by atoms with van der Waals surface area (Å²) in [6, 6.07) is 4.29. The lowest BCUT2D eigenvalue weighted by Crippen LogP contribution is -2.29. The van der Waals surface area contributed by atoms with Crippen LogP contribution in [0.5, 0.6) is 0 Å². The fraction of sp³-hybridized carbons (Fsp3) is 0.385. The number of rotatable bonds is 4. The molecule has 104 valence electrons. The number of amides is 1. The van der Waals surface area contributed by atoms with Gasteiger partial charge in [-0.3, -0.25) is 4.79 Å². The molecule has 1 aromatic rings. The average molecular weight is 285 g/mol. The number of ether oxygens (including phenoxy) is 1. The molecule has 1 rings (SSSR count). The summed E-state index contributed by atoms with van der Waals surface area (Å²) >= 11 is 5.92. The summed E-state index contributed by atoms with van der Waals surface area (Å²) in [5, 5.41) is 3.41. The highest BCUT2D eigenvalue weighted by molar-refractivity contribution is 6.31. The number of nitrogens with zero attached hydrogens (tertiary/aromatic N) is 1. The van der Waals surface area contributed by atoms with Crippen LogP contribution in [0.3, 0.4) is 0 Å². The van der Waals surface area contributed by atoms with Crippen LogP contribution in [0.15, 0.2) is 18.2 Å². The van der Waals surface area contributed by atoms with Crippen molar-refractivity contribution in [3.8, 4) is 0 Å². The van der Waals surface area contributed by atoms with Crippen LogP contribution < -0.4 is 5.32 Å². The van der Waals surface area contributed by atoms with E-state index in [-0.39, 0.29) is 5.91 Å². The van der Waals surface area contributed by atoms with Gasteiger partial charge in [0, 0.05) is 24.8 Å². The first-order chi connectivity index (χ1) is 8.86. The SMILES string of the molecule is COC(=O)C(C)Nc1cc(Cl)ccc1C(=O)N(C)C. The monoisotopic (exact) mass is 284 g/mol. The summed E-state index contributed by atoms with van der Waals surface area (Å²) in [5.74, 6) is -0.584. The molecule has 1 N–H and O–H groups in total. The van der Waals surface area contributed by atoms with Crippen LogP contribution in [0, 0.1) is 0 Å². The number of hydrogen-bond acceptors (Lipinski definition) is 4. The molecular formula is C13H17ClN2O3. The quantitative estimate of drug-likeness (QED) is 0.860. The molecule has 0 radical (unpaired) electrons. The highest BCUT2D eigenvalue weighted by Gasteiger charge is 2.18. The molecule has 6 heteroatoms. The number of esters is 1. The molecule has 1 unspecified atom stereocenters. The van der Waals surface area contributed by atoms with Gasteiger partial charge in [0.05, 0.1) is 12.7 Å². The van der Waals surface area contributed by atoms with Gasteiger partial charge in [-0.1, -0.05) is 11.6 Å². The molecule has 5 nitrogen and oxygen atoms in total. The lowest BCUT2D eigenvalue weighted by molar-refractivity contribution is -0.141. The fourth-order valence-corrected chi connectivity index (χ4v) is 1.70. The third kappa shape index (κ3) is 3.86. The molecule has 0 aromatic heterocycles. The van der Waals surface area contributed by atoms with Crippen molar-refractivity contribution in [3.05, 3.63) is 28.8 Å². The van der Waals surface area contributed by atoms with Gasteiger partial charge in [-0.05, 0) is 25.1 Å². The summed E-state index contributed by atoms with van der Waals surface area (Å²) in [7, 11) is 4.62. The number of nitrogens with one attached hydrogen (secondary N) is 1. The standard InChI is InChI=1S/C13H17ClN2O3/c1-8(13(18)19-4)15-11-7-9(14)5-6-10(11)12(17)16(2)3/h5-8,15H,1-4H3. The Bertz CT molecular complexity index is 489. The first kappa shape index (κ1) is 15.3. The Kier molecular flexibility index (Phi) is 5.18. The van der Waals surface area contributed by atoms with Gasteiger partial charge in [0.1, 0.15) is 6.04 Å². The van der Waals surface area contributed by atoms with Gasteiger partial charge in [0.2, 0.25) is 0 Å². The van der Waals surface area contributed by atoms with E-state index < -0.39 is 12.0 Å². The topological polar surface area (TPSA) is 58.6 Å². The molecule has 0 aliphatic heterocycles. The number of halogens is 1. The van der Waals surface area contributed by atoms with Crippen LogP contribution in [0.25, 0.3) is 0 Å². The van der Waals surface area contributed by atoms with Crippen molar-refractivity contribution in [2.24, 2.45) is 0 Å². The van der Waals surface area contributed by atoms with E-state index >= 15 is 0 Å². The molecule has 0 heterocycles. The number of hydrogen-bond donors (Lipinski definition) is 1. The summed E-state index contributed by atoms with van der Waals surface area (Å²) in [4.78, 5) is 24.9. The largest absolute Gasteiger partial charge is 0.467 e. The molecule has 1 atom stereocenters. The Labute approximate surface area is 117 Å². The summed E-state index contributed by atoms with van der Waals surface area (Å²) in [6.07, 6.45) is 0. The zero-order valence-electron chi connectivity index (χ0n) is 11.4. The second kappa shape index (κ2) is 6.43. The Hall–Kier alpha value is -1.75. The van der Waals surface area contributed by atoms with Crippen molar-refractivity contribution >= 4 is 29.2 Å². The predicted octanol–water partition coefficient (Wildman–Crippen LogP) is 2.02. The molecule has 1 aromatic carbocycles. The Morgan fingerprint density at radius 1 is 1.37 bits per heavy atom. The number of carbonyl (C=O) groups is 2. The summed E-state index contributed by atoms with van der Waals surface area (Å²) < 4.78 is 4.63. The van der Waals surface area contributed by atoms with Crippen molar-refractivity contribution in [1.82, 2.24) is 4.90 Å². The maximum absolute atomic E-state index is 12.0. The van der Waals surface area contributed by atoms with Gasteiger partial charge in [0.25, 0.3) is 5.91 Å². The van der Waals surface area contributed by atoms with Crippen LogP contribution >= 0.6 is 11.6 Å². The predicted molar refractivity (Wildman–Crippen MR) is 74.6 cm³/mol. The maximum atomic E-state index is 12.0. The Morgan fingerprint density at radius 2 is 2.00 bits per heavy atom. The third-order valence-corrected chi connectivity index (χ3v) is 2.78. The summed E-state index contributed by atoms with van der Waals surface area (Å²) in [6.45, 7) is 1.65. The zero-order valence-corrected chi connectivity index (χ0v) is 12.1. The number of benzene rings is 1. The molecule has 0 spiro atoms. The first-order valence-electron chi connectivity index (χ1n) is 5.72. The van der Waals surface area contributed by atoms with Crippen molar-refractivity contribution in [2.75, 3.05) is 26.5 Å². The second-order valence-corrected chi connectivity index (χ2v) is 4.72. The first-order valence-corrected chi connectivity index (χ1v) is 6.10. The minimum absolute atomic E-state index is 0.170. The minimum atomic E-state index is -0.572. The normalized spacial score (nSPS) is 11.6. The fourth-order valence-electron chi connectivity index (χ4n) is 1.53. The van der Waals surface area contributed by atoms with E-state index in [2.05, 4.69) is 10.1 Å². The molecule has 0 aliphatic rings. The molecule has 0 bridgehead atoms. The van der Waals surface area contributed by atoms with E-state index in [9.17, 15) is 9.59 Å².